The molecular weight excluding hydrogens is 230 g/mol. The Morgan fingerprint density at radius 2 is 2.18 bits per heavy atom. The van der Waals surface area contributed by atoms with Crippen molar-refractivity contribution in [3.63, 3.8) is 0 Å². The number of hydrogen-bond donors (Lipinski definition) is 1. The minimum atomic E-state index is 0.793. The van der Waals surface area contributed by atoms with Gasteiger partial charge in [-0.15, -0.1) is 11.3 Å². The lowest BCUT2D eigenvalue weighted by Crippen LogP contribution is -2.27. The molecule has 0 unspecified atom stereocenters. The molecule has 0 bridgehead atoms. The lowest BCUT2D eigenvalue weighted by Gasteiger charge is -2.11. The molecule has 2 nitrogen and oxygen atoms in total. The Labute approximate surface area is 108 Å². The lowest BCUT2D eigenvalue weighted by molar-refractivity contribution is 0.134. The highest BCUT2D eigenvalue weighted by molar-refractivity contribution is 7.09. The quantitative estimate of drug-likeness (QED) is 0.718. The highest BCUT2D eigenvalue weighted by Gasteiger charge is 2.12. The molecule has 1 aromatic rings. The first-order valence-electron chi connectivity index (χ1n) is 6.78. The normalized spacial score (nSPS) is 16.7. The largest absolute Gasteiger partial charge is 0.381 e. The van der Waals surface area contributed by atoms with Gasteiger partial charge in [0.05, 0.1) is 6.61 Å². The zero-order valence-corrected chi connectivity index (χ0v) is 11.3. The minimum absolute atomic E-state index is 0.793. The first kappa shape index (κ1) is 13.1. The van der Waals surface area contributed by atoms with Crippen LogP contribution in [-0.4, -0.2) is 25.8 Å². The maximum atomic E-state index is 5.64. The summed E-state index contributed by atoms with van der Waals surface area (Å²) in [4.78, 5) is 1.43. The Balaban J connectivity index is 1.39. The van der Waals surface area contributed by atoms with Crippen LogP contribution in [0.1, 0.15) is 37.0 Å². The van der Waals surface area contributed by atoms with Crippen molar-refractivity contribution in [2.45, 2.75) is 44.6 Å². The highest BCUT2D eigenvalue weighted by atomic mass is 32.1. The van der Waals surface area contributed by atoms with Crippen LogP contribution in [0, 0.1) is 0 Å². The van der Waals surface area contributed by atoms with Crippen molar-refractivity contribution in [1.29, 1.82) is 0 Å². The van der Waals surface area contributed by atoms with Crippen LogP contribution in [0.2, 0.25) is 0 Å². The molecule has 1 N–H and O–H groups in total. The fraction of sp³-hybridized carbons (Fsp3) is 0.714. The van der Waals surface area contributed by atoms with Crippen molar-refractivity contribution < 1.29 is 4.74 Å². The SMILES string of the molecule is c1csc(CCOCCCNC2CCCC2)c1. The number of nitrogens with one attached hydrogen (secondary N) is 1. The van der Waals surface area contributed by atoms with Gasteiger partial charge in [-0.25, -0.2) is 0 Å². The van der Waals surface area contributed by atoms with Gasteiger partial charge in [0.2, 0.25) is 0 Å². The van der Waals surface area contributed by atoms with Gasteiger partial charge in [-0.05, 0) is 37.3 Å². The molecule has 17 heavy (non-hydrogen) atoms. The lowest BCUT2D eigenvalue weighted by atomic mass is 10.2. The average Bonchev–Trinajstić information content (AvgIpc) is 3.00. The average molecular weight is 253 g/mol. The molecule has 1 aromatic heterocycles. The summed E-state index contributed by atoms with van der Waals surface area (Å²) >= 11 is 1.82. The van der Waals surface area contributed by atoms with Crippen molar-refractivity contribution in [3.8, 4) is 0 Å². The van der Waals surface area contributed by atoms with Crippen molar-refractivity contribution in [1.82, 2.24) is 5.32 Å². The van der Waals surface area contributed by atoms with E-state index >= 15 is 0 Å². The number of rotatable bonds is 8. The summed E-state index contributed by atoms with van der Waals surface area (Å²) in [6.45, 7) is 2.87. The summed E-state index contributed by atoms with van der Waals surface area (Å²) in [6.07, 6.45) is 7.77. The molecule has 1 saturated carbocycles. The summed E-state index contributed by atoms with van der Waals surface area (Å²) in [5, 5.41) is 5.73. The van der Waals surface area contributed by atoms with Crippen LogP contribution in [0.3, 0.4) is 0 Å². The number of hydrogen-bond acceptors (Lipinski definition) is 3. The molecule has 1 fully saturated rings. The molecule has 3 heteroatoms. The van der Waals surface area contributed by atoms with Gasteiger partial charge in [0.25, 0.3) is 0 Å². The van der Waals surface area contributed by atoms with E-state index in [4.69, 9.17) is 4.74 Å². The summed E-state index contributed by atoms with van der Waals surface area (Å²) in [5.41, 5.74) is 0. The zero-order chi connectivity index (χ0) is 11.8. The molecule has 0 aliphatic heterocycles. The second-order valence-electron chi connectivity index (χ2n) is 4.73. The molecule has 0 saturated heterocycles. The van der Waals surface area contributed by atoms with Gasteiger partial charge in [-0.3, -0.25) is 0 Å². The Morgan fingerprint density at radius 3 is 2.94 bits per heavy atom. The third-order valence-corrected chi connectivity index (χ3v) is 4.26. The van der Waals surface area contributed by atoms with E-state index in [9.17, 15) is 0 Å². The fourth-order valence-electron chi connectivity index (χ4n) is 2.34. The fourth-order valence-corrected chi connectivity index (χ4v) is 3.03. The second kappa shape index (κ2) is 7.85. The standard InChI is InChI=1S/C14H23NOS/c1-2-6-13(5-1)15-9-4-10-16-11-8-14-7-3-12-17-14/h3,7,12-13,15H,1-2,4-6,8-11H2. The van der Waals surface area contributed by atoms with Crippen LogP contribution in [0.5, 0.6) is 0 Å². The predicted octanol–water partition coefficient (Wildman–Crippen LogP) is 3.23. The molecule has 1 aliphatic carbocycles. The van der Waals surface area contributed by atoms with E-state index in [-0.39, 0.29) is 0 Å². The summed E-state index contributed by atoms with van der Waals surface area (Å²) in [5.74, 6) is 0. The van der Waals surface area contributed by atoms with Gasteiger partial charge in [0.1, 0.15) is 0 Å². The highest BCUT2D eigenvalue weighted by Crippen LogP contribution is 2.17. The molecule has 2 rings (SSSR count). The van der Waals surface area contributed by atoms with E-state index in [2.05, 4.69) is 22.8 Å². The van der Waals surface area contributed by atoms with E-state index in [0.29, 0.717) is 0 Å². The Hall–Kier alpha value is -0.380. The monoisotopic (exact) mass is 253 g/mol. The van der Waals surface area contributed by atoms with Gasteiger partial charge in [0.15, 0.2) is 0 Å². The van der Waals surface area contributed by atoms with Gasteiger partial charge in [0, 0.05) is 23.9 Å². The van der Waals surface area contributed by atoms with E-state index in [1.807, 2.05) is 11.3 Å². The van der Waals surface area contributed by atoms with E-state index in [1.165, 1.54) is 30.6 Å². The topological polar surface area (TPSA) is 21.3 Å². The van der Waals surface area contributed by atoms with Crippen molar-refractivity contribution in [3.05, 3.63) is 22.4 Å². The first-order valence-corrected chi connectivity index (χ1v) is 7.66. The van der Waals surface area contributed by atoms with Crippen molar-refractivity contribution >= 4 is 11.3 Å². The molecule has 0 atom stereocenters. The predicted molar refractivity (Wildman–Crippen MR) is 73.7 cm³/mol. The molecule has 1 aliphatic rings. The van der Waals surface area contributed by atoms with Crippen LogP contribution in [0.4, 0.5) is 0 Å². The van der Waals surface area contributed by atoms with Gasteiger partial charge in [-0.1, -0.05) is 18.9 Å². The Bertz CT molecular complexity index is 280. The molecule has 96 valence electrons. The summed E-state index contributed by atoms with van der Waals surface area (Å²) < 4.78 is 5.64. The molecule has 0 spiro atoms. The molecule has 0 amide bonds. The third kappa shape index (κ3) is 5.19. The summed E-state index contributed by atoms with van der Waals surface area (Å²) in [6, 6.07) is 5.07. The second-order valence-corrected chi connectivity index (χ2v) is 5.76. The first-order chi connectivity index (χ1) is 8.45. The van der Waals surface area contributed by atoms with Gasteiger partial charge < -0.3 is 10.1 Å². The van der Waals surface area contributed by atoms with E-state index < -0.39 is 0 Å². The summed E-state index contributed by atoms with van der Waals surface area (Å²) in [7, 11) is 0. The zero-order valence-electron chi connectivity index (χ0n) is 10.5. The van der Waals surface area contributed by atoms with Crippen LogP contribution < -0.4 is 5.32 Å². The Morgan fingerprint density at radius 1 is 1.29 bits per heavy atom. The maximum Gasteiger partial charge on any atom is 0.0514 e. The molecule has 1 heterocycles. The number of ether oxygens (including phenoxy) is 1. The number of thiophene rings is 1. The van der Waals surface area contributed by atoms with Crippen LogP contribution in [0.25, 0.3) is 0 Å². The molecular formula is C14H23NOS. The minimum Gasteiger partial charge on any atom is -0.381 e. The molecule has 0 radical (unpaired) electrons. The third-order valence-electron chi connectivity index (χ3n) is 3.33. The van der Waals surface area contributed by atoms with Crippen LogP contribution in [0.15, 0.2) is 17.5 Å². The van der Waals surface area contributed by atoms with Crippen LogP contribution in [-0.2, 0) is 11.2 Å². The van der Waals surface area contributed by atoms with Crippen LogP contribution >= 0.6 is 11.3 Å². The Kier molecular flexibility index (Phi) is 6.03. The van der Waals surface area contributed by atoms with E-state index in [0.717, 1.165) is 38.6 Å². The van der Waals surface area contributed by atoms with Crippen molar-refractivity contribution in [2.75, 3.05) is 19.8 Å². The van der Waals surface area contributed by atoms with Crippen molar-refractivity contribution in [2.24, 2.45) is 0 Å². The maximum absolute atomic E-state index is 5.64. The van der Waals surface area contributed by atoms with E-state index in [1.54, 1.807) is 0 Å². The smallest absolute Gasteiger partial charge is 0.0514 e. The van der Waals surface area contributed by atoms with Gasteiger partial charge in [-0.2, -0.15) is 0 Å². The van der Waals surface area contributed by atoms with Gasteiger partial charge >= 0.3 is 0 Å². The molecule has 0 aromatic carbocycles.